The topological polar surface area (TPSA) is 34.0 Å². The van der Waals surface area contributed by atoms with E-state index in [-0.39, 0.29) is 0 Å². The summed E-state index contributed by atoms with van der Waals surface area (Å²) < 4.78 is 2.15. The maximum atomic E-state index is 4.47. The third kappa shape index (κ3) is 2.35. The Labute approximate surface area is 124 Å². The Balaban J connectivity index is 1.93. The lowest BCUT2D eigenvalue weighted by molar-refractivity contribution is 0.439. The lowest BCUT2D eigenvalue weighted by Crippen LogP contribution is -2.40. The molecule has 0 radical (unpaired) electrons. The molecule has 5 heteroatoms. The van der Waals surface area contributed by atoms with Crippen LogP contribution in [-0.4, -0.2) is 27.4 Å². The Hall–Kier alpha value is -1.36. The monoisotopic (exact) mass is 290 g/mol. The molecule has 2 aromatic heterocycles. The molecule has 4 nitrogen and oxygen atoms in total. The van der Waals surface area contributed by atoms with E-state index in [2.05, 4.69) is 52.7 Å². The number of anilines is 1. The maximum absolute atomic E-state index is 4.47. The highest BCUT2D eigenvalue weighted by Crippen LogP contribution is 2.30. The molecule has 20 heavy (non-hydrogen) atoms. The van der Waals surface area contributed by atoms with Gasteiger partial charge in [-0.25, -0.2) is 0 Å². The Morgan fingerprint density at radius 1 is 1.30 bits per heavy atom. The van der Waals surface area contributed by atoms with Gasteiger partial charge in [0.1, 0.15) is 0 Å². The summed E-state index contributed by atoms with van der Waals surface area (Å²) in [5, 5.41) is 8.89. The highest BCUT2D eigenvalue weighted by Gasteiger charge is 2.25. The van der Waals surface area contributed by atoms with E-state index in [1.54, 1.807) is 11.3 Å². The van der Waals surface area contributed by atoms with Crippen LogP contribution in [-0.2, 0) is 7.05 Å². The number of hydrogen-bond acceptors (Lipinski definition) is 4. The Morgan fingerprint density at radius 2 is 2.15 bits per heavy atom. The van der Waals surface area contributed by atoms with E-state index < -0.39 is 0 Å². The van der Waals surface area contributed by atoms with Gasteiger partial charge in [0.25, 0.3) is 0 Å². The molecule has 0 unspecified atom stereocenters. The first kappa shape index (κ1) is 13.6. The summed E-state index contributed by atoms with van der Waals surface area (Å²) in [6, 6.07) is 4.90. The second-order valence-electron chi connectivity index (χ2n) is 5.54. The predicted octanol–water partition coefficient (Wildman–Crippen LogP) is 3.62. The average molecular weight is 290 g/mol. The van der Waals surface area contributed by atoms with E-state index >= 15 is 0 Å². The van der Waals surface area contributed by atoms with Crippen LogP contribution in [0, 0.1) is 6.92 Å². The number of piperidine rings is 1. The zero-order valence-electron chi connectivity index (χ0n) is 12.5. The number of aromatic nitrogens is 3. The fraction of sp³-hybridized carbons (Fsp3) is 0.600. The Morgan fingerprint density at radius 3 is 2.85 bits per heavy atom. The minimum absolute atomic E-state index is 0.615. The maximum Gasteiger partial charge on any atom is 0.227 e. The van der Waals surface area contributed by atoms with E-state index in [4.69, 9.17) is 0 Å². The minimum Gasteiger partial charge on any atom is -0.338 e. The number of thiophene rings is 1. The molecule has 0 bridgehead atoms. The highest BCUT2D eigenvalue weighted by molar-refractivity contribution is 7.15. The first-order valence-electron chi connectivity index (χ1n) is 7.43. The van der Waals surface area contributed by atoms with Gasteiger partial charge in [0.2, 0.25) is 5.95 Å². The van der Waals surface area contributed by atoms with Crippen molar-refractivity contribution < 1.29 is 0 Å². The van der Waals surface area contributed by atoms with Crippen LogP contribution >= 0.6 is 11.3 Å². The summed E-state index contributed by atoms with van der Waals surface area (Å²) in [6.45, 7) is 5.50. The molecule has 1 aliphatic heterocycles. The van der Waals surface area contributed by atoms with Gasteiger partial charge in [-0.05, 0) is 44.7 Å². The summed E-state index contributed by atoms with van der Waals surface area (Å²) in [6.07, 6.45) is 5.05. The summed E-state index contributed by atoms with van der Waals surface area (Å²) >= 11 is 1.78. The summed E-state index contributed by atoms with van der Waals surface area (Å²) in [5.74, 6) is 2.01. The van der Waals surface area contributed by atoms with E-state index in [1.165, 1.54) is 35.4 Å². The predicted molar refractivity (Wildman–Crippen MR) is 84.3 cm³/mol. The Kier molecular flexibility index (Phi) is 3.78. The molecule has 1 saturated heterocycles. The molecule has 0 saturated carbocycles. The summed E-state index contributed by atoms with van der Waals surface area (Å²) in [7, 11) is 2.08. The summed E-state index contributed by atoms with van der Waals surface area (Å²) in [4.78, 5) is 4.96. The fourth-order valence-corrected chi connectivity index (χ4v) is 3.92. The van der Waals surface area contributed by atoms with Crippen LogP contribution in [0.4, 0.5) is 5.95 Å². The van der Waals surface area contributed by atoms with Crippen molar-refractivity contribution in [2.24, 2.45) is 7.05 Å². The van der Waals surface area contributed by atoms with Crippen molar-refractivity contribution in [3.05, 3.63) is 17.0 Å². The van der Waals surface area contributed by atoms with Crippen LogP contribution in [0.15, 0.2) is 12.1 Å². The molecule has 0 amide bonds. The van der Waals surface area contributed by atoms with Gasteiger partial charge in [0.05, 0.1) is 4.88 Å². The standard InChI is InChI=1S/C15H22N4S/c1-4-12-7-5-6-10-19(12)15-17-16-14(18(15)3)13-9-8-11(2)20-13/h8-9,12H,4-7,10H2,1-3H3/t12-/m1/s1. The number of hydrogen-bond donors (Lipinski definition) is 0. The highest BCUT2D eigenvalue weighted by atomic mass is 32.1. The third-order valence-electron chi connectivity index (χ3n) is 4.17. The second kappa shape index (κ2) is 5.56. The smallest absolute Gasteiger partial charge is 0.227 e. The van der Waals surface area contributed by atoms with E-state index in [0.717, 1.165) is 18.3 Å². The van der Waals surface area contributed by atoms with Gasteiger partial charge in [-0.3, -0.25) is 4.57 Å². The van der Waals surface area contributed by atoms with Crippen molar-refractivity contribution >= 4 is 17.3 Å². The van der Waals surface area contributed by atoms with Crippen molar-refractivity contribution in [1.82, 2.24) is 14.8 Å². The van der Waals surface area contributed by atoms with Crippen LogP contribution in [0.1, 0.15) is 37.5 Å². The third-order valence-corrected chi connectivity index (χ3v) is 5.16. The molecular formula is C15H22N4S. The molecule has 0 spiro atoms. The minimum atomic E-state index is 0.615. The molecule has 3 rings (SSSR count). The first-order valence-corrected chi connectivity index (χ1v) is 8.25. The van der Waals surface area contributed by atoms with Crippen molar-refractivity contribution in [2.75, 3.05) is 11.4 Å². The number of aryl methyl sites for hydroxylation is 1. The molecule has 0 aromatic carbocycles. The van der Waals surface area contributed by atoms with Crippen LogP contribution in [0.2, 0.25) is 0 Å². The molecule has 1 fully saturated rings. The number of rotatable bonds is 3. The molecule has 0 N–H and O–H groups in total. The first-order chi connectivity index (χ1) is 9.70. The van der Waals surface area contributed by atoms with E-state index in [9.17, 15) is 0 Å². The molecule has 0 aliphatic carbocycles. The van der Waals surface area contributed by atoms with Crippen molar-refractivity contribution in [3.8, 4) is 10.7 Å². The lowest BCUT2D eigenvalue weighted by atomic mass is 10.0. The van der Waals surface area contributed by atoms with E-state index in [0.29, 0.717) is 6.04 Å². The van der Waals surface area contributed by atoms with Gasteiger partial charge in [-0.2, -0.15) is 0 Å². The van der Waals surface area contributed by atoms with Crippen molar-refractivity contribution in [2.45, 2.75) is 45.6 Å². The lowest BCUT2D eigenvalue weighted by Gasteiger charge is -2.35. The zero-order valence-corrected chi connectivity index (χ0v) is 13.3. The number of nitrogens with zero attached hydrogens (tertiary/aromatic N) is 4. The van der Waals surface area contributed by atoms with Gasteiger partial charge in [-0.15, -0.1) is 21.5 Å². The van der Waals surface area contributed by atoms with Gasteiger partial charge in [0, 0.05) is 24.5 Å². The van der Waals surface area contributed by atoms with E-state index in [1.807, 2.05) is 0 Å². The van der Waals surface area contributed by atoms with Crippen LogP contribution in [0.25, 0.3) is 10.7 Å². The van der Waals surface area contributed by atoms with Crippen LogP contribution < -0.4 is 4.90 Å². The Bertz CT molecular complexity index is 586. The molecule has 1 atom stereocenters. The molecule has 108 valence electrons. The van der Waals surface area contributed by atoms with Gasteiger partial charge >= 0.3 is 0 Å². The van der Waals surface area contributed by atoms with Crippen molar-refractivity contribution in [1.29, 1.82) is 0 Å². The largest absolute Gasteiger partial charge is 0.338 e. The molecular weight excluding hydrogens is 268 g/mol. The SMILES string of the molecule is CC[C@@H]1CCCCN1c1nnc(-c2ccc(C)s2)n1C. The molecule has 3 heterocycles. The van der Waals surface area contributed by atoms with Gasteiger partial charge in [-0.1, -0.05) is 6.92 Å². The molecule has 1 aliphatic rings. The normalized spacial score (nSPS) is 19.6. The summed E-state index contributed by atoms with van der Waals surface area (Å²) in [5.41, 5.74) is 0. The molecule has 2 aromatic rings. The van der Waals surface area contributed by atoms with Gasteiger partial charge < -0.3 is 4.90 Å². The average Bonchev–Trinajstić information content (AvgIpc) is 3.05. The fourth-order valence-electron chi connectivity index (χ4n) is 3.03. The van der Waals surface area contributed by atoms with Gasteiger partial charge in [0.15, 0.2) is 5.82 Å². The zero-order chi connectivity index (χ0) is 14.1. The van der Waals surface area contributed by atoms with Crippen LogP contribution in [0.5, 0.6) is 0 Å². The van der Waals surface area contributed by atoms with Crippen molar-refractivity contribution in [3.63, 3.8) is 0 Å². The quantitative estimate of drug-likeness (QED) is 0.866. The second-order valence-corrected chi connectivity index (χ2v) is 6.83. The van der Waals surface area contributed by atoms with Crippen LogP contribution in [0.3, 0.4) is 0 Å².